The summed E-state index contributed by atoms with van der Waals surface area (Å²) in [7, 11) is 1.73. The number of nitrogens with one attached hydrogen (secondary N) is 1. The van der Waals surface area contributed by atoms with Gasteiger partial charge in [-0.05, 0) is 38.1 Å². The Balaban J connectivity index is 2.15. The van der Waals surface area contributed by atoms with Crippen LogP contribution in [0.3, 0.4) is 0 Å². The maximum Gasteiger partial charge on any atom is 0.220 e. The van der Waals surface area contributed by atoms with Gasteiger partial charge in [-0.1, -0.05) is 6.92 Å². The number of rotatable bonds is 6. The van der Waals surface area contributed by atoms with Crippen molar-refractivity contribution in [2.24, 2.45) is 11.7 Å². The van der Waals surface area contributed by atoms with Gasteiger partial charge in [0.25, 0.3) is 0 Å². The third-order valence-corrected chi connectivity index (χ3v) is 3.35. The molecule has 0 heterocycles. The van der Waals surface area contributed by atoms with E-state index < -0.39 is 0 Å². The van der Waals surface area contributed by atoms with Crippen LogP contribution in [0.25, 0.3) is 0 Å². The van der Waals surface area contributed by atoms with Crippen LogP contribution in [0.5, 0.6) is 0 Å². The van der Waals surface area contributed by atoms with Gasteiger partial charge in [-0.25, -0.2) is 0 Å². The Kier molecular flexibility index (Phi) is 5.77. The molecule has 0 aliphatic heterocycles. The number of methoxy groups -OCH3 is 1. The summed E-state index contributed by atoms with van der Waals surface area (Å²) in [4.78, 5) is 11.6. The standard InChI is InChI=1S/C12H24N2O2/c1-9(8-13)3-6-12(15)14-10-4-5-11(7-10)16-2/h9-11H,3-8,13H2,1-2H3,(H,14,15). The van der Waals surface area contributed by atoms with Gasteiger partial charge >= 0.3 is 0 Å². The SMILES string of the molecule is COC1CCC(NC(=O)CCC(C)CN)C1. The predicted octanol–water partition coefficient (Wildman–Crippen LogP) is 1.05. The van der Waals surface area contributed by atoms with E-state index in [0.29, 0.717) is 31.0 Å². The quantitative estimate of drug-likeness (QED) is 0.714. The van der Waals surface area contributed by atoms with Crippen LogP contribution in [0.4, 0.5) is 0 Å². The zero-order valence-electron chi connectivity index (χ0n) is 10.4. The van der Waals surface area contributed by atoms with E-state index in [0.717, 1.165) is 25.7 Å². The molecule has 1 saturated carbocycles. The van der Waals surface area contributed by atoms with E-state index in [9.17, 15) is 4.79 Å². The lowest BCUT2D eigenvalue weighted by Crippen LogP contribution is -2.33. The van der Waals surface area contributed by atoms with Gasteiger partial charge in [0.1, 0.15) is 0 Å². The molecule has 16 heavy (non-hydrogen) atoms. The van der Waals surface area contributed by atoms with Gasteiger partial charge in [-0.15, -0.1) is 0 Å². The van der Waals surface area contributed by atoms with Crippen molar-refractivity contribution in [2.75, 3.05) is 13.7 Å². The van der Waals surface area contributed by atoms with Crippen molar-refractivity contribution in [2.45, 2.75) is 51.2 Å². The Bertz CT molecular complexity index is 221. The molecule has 1 aliphatic carbocycles. The smallest absolute Gasteiger partial charge is 0.220 e. The van der Waals surface area contributed by atoms with E-state index in [-0.39, 0.29) is 5.91 Å². The average molecular weight is 228 g/mol. The summed E-state index contributed by atoms with van der Waals surface area (Å²) in [5.74, 6) is 0.586. The monoisotopic (exact) mass is 228 g/mol. The minimum absolute atomic E-state index is 0.155. The van der Waals surface area contributed by atoms with Gasteiger partial charge in [0.15, 0.2) is 0 Å². The summed E-state index contributed by atoms with van der Waals surface area (Å²) < 4.78 is 5.27. The lowest BCUT2D eigenvalue weighted by Gasteiger charge is -2.14. The minimum Gasteiger partial charge on any atom is -0.381 e. The lowest BCUT2D eigenvalue weighted by atomic mass is 10.1. The minimum atomic E-state index is 0.155. The molecule has 1 fully saturated rings. The van der Waals surface area contributed by atoms with Crippen LogP contribution in [0.1, 0.15) is 39.0 Å². The number of carbonyl (C=O) groups excluding carboxylic acids is 1. The summed E-state index contributed by atoms with van der Waals surface area (Å²) in [6, 6.07) is 0.311. The van der Waals surface area contributed by atoms with Crippen molar-refractivity contribution in [1.82, 2.24) is 5.32 Å². The third-order valence-electron chi connectivity index (χ3n) is 3.35. The molecule has 0 bridgehead atoms. The number of nitrogens with two attached hydrogens (primary N) is 1. The molecule has 1 rings (SSSR count). The molecule has 1 amide bonds. The molecule has 0 spiro atoms. The first kappa shape index (κ1) is 13.5. The Morgan fingerprint density at radius 1 is 1.56 bits per heavy atom. The van der Waals surface area contributed by atoms with Crippen LogP contribution in [-0.4, -0.2) is 31.7 Å². The summed E-state index contributed by atoms with van der Waals surface area (Å²) in [6.45, 7) is 2.73. The number of hydrogen-bond donors (Lipinski definition) is 2. The van der Waals surface area contributed by atoms with Gasteiger partial charge in [0.2, 0.25) is 5.91 Å². The lowest BCUT2D eigenvalue weighted by molar-refractivity contribution is -0.122. The van der Waals surface area contributed by atoms with Crippen molar-refractivity contribution >= 4 is 5.91 Å². The van der Waals surface area contributed by atoms with Crippen LogP contribution in [-0.2, 0) is 9.53 Å². The van der Waals surface area contributed by atoms with Gasteiger partial charge in [0, 0.05) is 19.6 Å². The molecule has 94 valence electrons. The maximum absolute atomic E-state index is 11.6. The number of ether oxygens (including phenoxy) is 1. The highest BCUT2D eigenvalue weighted by Crippen LogP contribution is 2.21. The molecule has 0 radical (unpaired) electrons. The molecular formula is C12H24N2O2. The summed E-state index contributed by atoms with van der Waals surface area (Å²) >= 11 is 0. The zero-order chi connectivity index (χ0) is 12.0. The highest BCUT2D eigenvalue weighted by atomic mass is 16.5. The van der Waals surface area contributed by atoms with Crippen LogP contribution >= 0.6 is 0 Å². The van der Waals surface area contributed by atoms with Crippen molar-refractivity contribution in [1.29, 1.82) is 0 Å². The number of carbonyl (C=O) groups is 1. The fourth-order valence-electron chi connectivity index (χ4n) is 2.08. The number of amides is 1. The molecule has 4 nitrogen and oxygen atoms in total. The Labute approximate surface area is 97.9 Å². The first-order valence-electron chi connectivity index (χ1n) is 6.18. The second-order valence-electron chi connectivity index (χ2n) is 4.81. The first-order valence-corrected chi connectivity index (χ1v) is 6.18. The molecule has 3 unspecified atom stereocenters. The second-order valence-corrected chi connectivity index (χ2v) is 4.81. The summed E-state index contributed by atoms with van der Waals surface area (Å²) in [5.41, 5.74) is 5.51. The average Bonchev–Trinajstić information content (AvgIpc) is 2.73. The van der Waals surface area contributed by atoms with E-state index in [1.165, 1.54) is 0 Å². The molecule has 3 N–H and O–H groups in total. The Morgan fingerprint density at radius 3 is 2.88 bits per heavy atom. The zero-order valence-corrected chi connectivity index (χ0v) is 10.4. The second kappa shape index (κ2) is 6.86. The van der Waals surface area contributed by atoms with Crippen molar-refractivity contribution in [3.63, 3.8) is 0 Å². The van der Waals surface area contributed by atoms with E-state index in [2.05, 4.69) is 12.2 Å². The Morgan fingerprint density at radius 2 is 2.31 bits per heavy atom. The van der Waals surface area contributed by atoms with E-state index in [4.69, 9.17) is 10.5 Å². The predicted molar refractivity (Wildman–Crippen MR) is 64.0 cm³/mol. The normalized spacial score (nSPS) is 26.7. The van der Waals surface area contributed by atoms with Crippen molar-refractivity contribution in [3.05, 3.63) is 0 Å². The molecule has 4 heteroatoms. The molecule has 0 saturated heterocycles. The van der Waals surface area contributed by atoms with E-state index >= 15 is 0 Å². The van der Waals surface area contributed by atoms with Gasteiger partial charge < -0.3 is 15.8 Å². The maximum atomic E-state index is 11.6. The topological polar surface area (TPSA) is 64.3 Å². The van der Waals surface area contributed by atoms with Crippen LogP contribution < -0.4 is 11.1 Å². The van der Waals surface area contributed by atoms with Crippen LogP contribution in [0.15, 0.2) is 0 Å². The molecule has 0 aromatic heterocycles. The van der Waals surface area contributed by atoms with Crippen molar-refractivity contribution in [3.8, 4) is 0 Å². The summed E-state index contributed by atoms with van der Waals surface area (Å²) in [5, 5.41) is 3.06. The van der Waals surface area contributed by atoms with E-state index in [1.807, 2.05) is 0 Å². The summed E-state index contributed by atoms with van der Waals surface area (Å²) in [6.07, 6.45) is 4.84. The highest BCUT2D eigenvalue weighted by molar-refractivity contribution is 5.76. The van der Waals surface area contributed by atoms with Gasteiger partial charge in [-0.2, -0.15) is 0 Å². The largest absolute Gasteiger partial charge is 0.381 e. The van der Waals surface area contributed by atoms with Gasteiger partial charge in [0.05, 0.1) is 6.10 Å². The molecule has 0 aromatic carbocycles. The Hall–Kier alpha value is -0.610. The fraction of sp³-hybridized carbons (Fsp3) is 0.917. The molecule has 3 atom stereocenters. The van der Waals surface area contributed by atoms with Gasteiger partial charge in [-0.3, -0.25) is 4.79 Å². The van der Waals surface area contributed by atoms with Crippen molar-refractivity contribution < 1.29 is 9.53 Å². The highest BCUT2D eigenvalue weighted by Gasteiger charge is 2.25. The molecule has 1 aliphatic rings. The van der Waals surface area contributed by atoms with Crippen LogP contribution in [0.2, 0.25) is 0 Å². The van der Waals surface area contributed by atoms with E-state index in [1.54, 1.807) is 7.11 Å². The molecule has 0 aromatic rings. The fourth-order valence-corrected chi connectivity index (χ4v) is 2.08. The first-order chi connectivity index (χ1) is 7.65. The molecular weight excluding hydrogens is 204 g/mol. The van der Waals surface area contributed by atoms with Crippen LogP contribution in [0, 0.1) is 5.92 Å². The third kappa shape index (κ3) is 4.49. The number of hydrogen-bond acceptors (Lipinski definition) is 3.